The topological polar surface area (TPSA) is 84.5 Å². The number of hydrogen-bond donors (Lipinski definition) is 2. The fourth-order valence-corrected chi connectivity index (χ4v) is 3.28. The first-order chi connectivity index (χ1) is 15.8. The molecule has 1 atom stereocenters. The number of amides is 2. The highest BCUT2D eigenvalue weighted by molar-refractivity contribution is 6.05. The molecule has 1 unspecified atom stereocenters. The number of carbonyl (C=O) groups excluding carboxylic acids is 3. The van der Waals surface area contributed by atoms with E-state index < -0.39 is 29.6 Å². The number of anilines is 1. The van der Waals surface area contributed by atoms with Crippen molar-refractivity contribution in [1.29, 1.82) is 0 Å². The molecule has 0 spiro atoms. The lowest BCUT2D eigenvalue weighted by molar-refractivity contribution is -0.141. The number of nitrogens with one attached hydrogen (secondary N) is 2. The van der Waals surface area contributed by atoms with E-state index in [1.807, 2.05) is 31.2 Å². The molecule has 0 aliphatic carbocycles. The fourth-order valence-electron chi connectivity index (χ4n) is 3.28. The third kappa shape index (κ3) is 6.04. The van der Waals surface area contributed by atoms with Gasteiger partial charge < -0.3 is 15.4 Å². The van der Waals surface area contributed by atoms with Crippen LogP contribution in [0.1, 0.15) is 49.9 Å². The van der Waals surface area contributed by atoms with Crippen LogP contribution < -0.4 is 10.6 Å². The van der Waals surface area contributed by atoms with Gasteiger partial charge in [-0.2, -0.15) is 0 Å². The molecule has 0 aliphatic rings. The highest BCUT2D eigenvalue weighted by Crippen LogP contribution is 2.22. The molecule has 0 aliphatic heterocycles. The quantitative estimate of drug-likeness (QED) is 0.512. The summed E-state index contributed by atoms with van der Waals surface area (Å²) in [7, 11) is 1.29. The van der Waals surface area contributed by atoms with Crippen molar-refractivity contribution in [3.05, 3.63) is 100 Å². The summed E-state index contributed by atoms with van der Waals surface area (Å²) in [5, 5.41) is 5.52. The Bertz CT molecular complexity index is 1180. The second-order valence-electron chi connectivity index (χ2n) is 7.68. The van der Waals surface area contributed by atoms with Crippen molar-refractivity contribution in [2.45, 2.75) is 26.3 Å². The number of methoxy groups -OCH3 is 1. The van der Waals surface area contributed by atoms with E-state index in [1.165, 1.54) is 31.4 Å². The minimum Gasteiger partial charge on any atom is -0.469 e. The summed E-state index contributed by atoms with van der Waals surface area (Å²) in [5.74, 6) is -2.13. The molecule has 0 bridgehead atoms. The minimum atomic E-state index is -0.634. The lowest BCUT2D eigenvalue weighted by Gasteiger charge is -2.19. The van der Waals surface area contributed by atoms with Crippen molar-refractivity contribution in [3.8, 4) is 0 Å². The maximum atomic E-state index is 14.0. The Balaban J connectivity index is 1.82. The van der Waals surface area contributed by atoms with Crippen LogP contribution in [0.2, 0.25) is 0 Å². The number of rotatable bonds is 7. The summed E-state index contributed by atoms with van der Waals surface area (Å²) in [4.78, 5) is 37.4. The van der Waals surface area contributed by atoms with Gasteiger partial charge in [-0.15, -0.1) is 0 Å². The van der Waals surface area contributed by atoms with Crippen LogP contribution in [0.3, 0.4) is 0 Å². The van der Waals surface area contributed by atoms with Crippen molar-refractivity contribution >= 4 is 23.5 Å². The van der Waals surface area contributed by atoms with Crippen LogP contribution >= 0.6 is 0 Å². The van der Waals surface area contributed by atoms with E-state index in [-0.39, 0.29) is 17.5 Å². The lowest BCUT2D eigenvalue weighted by Crippen LogP contribution is -2.30. The van der Waals surface area contributed by atoms with Gasteiger partial charge in [0.2, 0.25) is 0 Å². The van der Waals surface area contributed by atoms with E-state index in [0.29, 0.717) is 11.3 Å². The maximum Gasteiger partial charge on any atom is 0.307 e. The van der Waals surface area contributed by atoms with E-state index in [9.17, 15) is 18.8 Å². The summed E-state index contributed by atoms with van der Waals surface area (Å²) >= 11 is 0. The first kappa shape index (κ1) is 23.7. The largest absolute Gasteiger partial charge is 0.469 e. The first-order valence-corrected chi connectivity index (χ1v) is 10.4. The monoisotopic (exact) mass is 448 g/mol. The van der Waals surface area contributed by atoms with E-state index >= 15 is 0 Å². The zero-order valence-electron chi connectivity index (χ0n) is 18.6. The van der Waals surface area contributed by atoms with Crippen molar-refractivity contribution < 1.29 is 23.5 Å². The van der Waals surface area contributed by atoms with Crippen LogP contribution in [0.4, 0.5) is 10.1 Å². The number of carbonyl (C=O) groups is 3. The van der Waals surface area contributed by atoms with Gasteiger partial charge in [-0.1, -0.05) is 48.0 Å². The maximum absolute atomic E-state index is 14.0. The zero-order valence-corrected chi connectivity index (χ0v) is 18.6. The number of aryl methyl sites for hydroxylation is 2. The highest BCUT2D eigenvalue weighted by Gasteiger charge is 2.21. The molecular weight excluding hydrogens is 423 g/mol. The molecule has 0 saturated heterocycles. The van der Waals surface area contributed by atoms with Gasteiger partial charge in [0.05, 0.1) is 25.1 Å². The second kappa shape index (κ2) is 10.5. The summed E-state index contributed by atoms with van der Waals surface area (Å²) in [6, 6.07) is 17.4. The standard InChI is InChI=1S/C26H25FN2O4/c1-16-8-11-18(12-9-16)23(15-24(30)33-3)29-25(31)19-13-10-17(2)22(14-19)28-26(32)20-6-4-5-7-21(20)27/h4-14,23H,15H2,1-3H3,(H,28,32)(H,29,31). The molecular formula is C26H25FN2O4. The van der Waals surface area contributed by atoms with Gasteiger partial charge in [0, 0.05) is 11.3 Å². The van der Waals surface area contributed by atoms with Gasteiger partial charge >= 0.3 is 5.97 Å². The van der Waals surface area contributed by atoms with Crippen LogP contribution in [-0.4, -0.2) is 24.9 Å². The Morgan fingerprint density at radius 3 is 2.30 bits per heavy atom. The Labute approximate surface area is 191 Å². The van der Waals surface area contributed by atoms with Crippen molar-refractivity contribution in [2.24, 2.45) is 0 Å². The first-order valence-electron chi connectivity index (χ1n) is 10.4. The molecule has 0 heterocycles. The minimum absolute atomic E-state index is 0.0337. The lowest BCUT2D eigenvalue weighted by atomic mass is 10.0. The average Bonchev–Trinajstić information content (AvgIpc) is 2.80. The third-order valence-corrected chi connectivity index (χ3v) is 5.25. The van der Waals surface area contributed by atoms with Crippen LogP contribution in [0.25, 0.3) is 0 Å². The zero-order chi connectivity index (χ0) is 24.0. The summed E-state index contributed by atoms with van der Waals surface area (Å²) in [5.41, 5.74) is 3.10. The Kier molecular flexibility index (Phi) is 7.56. The van der Waals surface area contributed by atoms with Crippen LogP contribution in [0, 0.1) is 19.7 Å². The number of benzene rings is 3. The Morgan fingerprint density at radius 2 is 1.64 bits per heavy atom. The average molecular weight is 448 g/mol. The van der Waals surface area contributed by atoms with Gasteiger partial charge in [-0.25, -0.2) is 4.39 Å². The molecule has 0 radical (unpaired) electrons. The molecule has 0 fully saturated rings. The highest BCUT2D eigenvalue weighted by atomic mass is 19.1. The van der Waals surface area contributed by atoms with Crippen LogP contribution in [0.5, 0.6) is 0 Å². The smallest absolute Gasteiger partial charge is 0.307 e. The van der Waals surface area contributed by atoms with Crippen LogP contribution in [0.15, 0.2) is 66.7 Å². The second-order valence-corrected chi connectivity index (χ2v) is 7.68. The van der Waals surface area contributed by atoms with Gasteiger partial charge in [0.25, 0.3) is 11.8 Å². The number of hydrogen-bond acceptors (Lipinski definition) is 4. The van der Waals surface area contributed by atoms with E-state index in [4.69, 9.17) is 4.74 Å². The van der Waals surface area contributed by atoms with E-state index in [0.717, 1.165) is 11.1 Å². The molecule has 3 aromatic carbocycles. The molecule has 170 valence electrons. The van der Waals surface area contributed by atoms with Gasteiger partial charge in [-0.3, -0.25) is 14.4 Å². The van der Waals surface area contributed by atoms with Crippen molar-refractivity contribution in [1.82, 2.24) is 5.32 Å². The molecule has 2 N–H and O–H groups in total. The number of halogens is 1. The molecule has 0 aromatic heterocycles. The summed E-state index contributed by atoms with van der Waals surface area (Å²) < 4.78 is 18.7. The molecule has 0 saturated carbocycles. The van der Waals surface area contributed by atoms with Crippen molar-refractivity contribution in [2.75, 3.05) is 12.4 Å². The Hall–Kier alpha value is -4.00. The van der Waals surface area contributed by atoms with Crippen LogP contribution in [-0.2, 0) is 9.53 Å². The van der Waals surface area contributed by atoms with E-state index in [1.54, 1.807) is 25.1 Å². The molecule has 3 aromatic rings. The van der Waals surface area contributed by atoms with Gasteiger partial charge in [0.15, 0.2) is 0 Å². The van der Waals surface area contributed by atoms with Gasteiger partial charge in [0.1, 0.15) is 5.82 Å². The third-order valence-electron chi connectivity index (χ3n) is 5.25. The molecule has 6 nitrogen and oxygen atoms in total. The normalized spacial score (nSPS) is 11.4. The van der Waals surface area contributed by atoms with Gasteiger partial charge in [-0.05, 0) is 49.2 Å². The summed E-state index contributed by atoms with van der Waals surface area (Å²) in [6.45, 7) is 3.71. The predicted octanol–water partition coefficient (Wildman–Crippen LogP) is 4.73. The molecule has 3 rings (SSSR count). The summed E-state index contributed by atoms with van der Waals surface area (Å²) in [6.07, 6.45) is -0.0337. The van der Waals surface area contributed by atoms with Crippen molar-refractivity contribution in [3.63, 3.8) is 0 Å². The number of esters is 1. The molecule has 7 heteroatoms. The Morgan fingerprint density at radius 1 is 0.939 bits per heavy atom. The molecule has 33 heavy (non-hydrogen) atoms. The SMILES string of the molecule is COC(=O)CC(NC(=O)c1ccc(C)c(NC(=O)c2ccccc2F)c1)c1ccc(C)cc1. The predicted molar refractivity (Wildman–Crippen MR) is 124 cm³/mol. The fraction of sp³-hybridized carbons (Fsp3) is 0.192. The van der Waals surface area contributed by atoms with E-state index in [2.05, 4.69) is 10.6 Å². The molecule has 2 amide bonds. The number of ether oxygens (including phenoxy) is 1.